The molecule has 0 amide bonds. The fourth-order valence-electron chi connectivity index (χ4n) is 1.86. The standard InChI is InChI=1S/C12H20N2O2S/c1-10-6-3-4-7-11(10)12(14-13)8-5-9-17(2,15)16/h3-4,6-7,12,14H,5,8-9,13H2,1-2H3. The molecule has 0 spiro atoms. The van der Waals surface area contributed by atoms with Gasteiger partial charge in [0.05, 0.1) is 0 Å². The third kappa shape index (κ3) is 4.85. The lowest BCUT2D eigenvalue weighted by Crippen LogP contribution is -2.29. The Labute approximate surface area is 103 Å². The van der Waals surface area contributed by atoms with Gasteiger partial charge in [0.2, 0.25) is 0 Å². The molecule has 0 radical (unpaired) electrons. The molecule has 0 saturated carbocycles. The highest BCUT2D eigenvalue weighted by atomic mass is 32.2. The van der Waals surface area contributed by atoms with Crippen LogP contribution in [0.2, 0.25) is 0 Å². The van der Waals surface area contributed by atoms with Crippen molar-refractivity contribution in [3.63, 3.8) is 0 Å². The summed E-state index contributed by atoms with van der Waals surface area (Å²) in [4.78, 5) is 0. The number of hydrogen-bond donors (Lipinski definition) is 2. The third-order valence-corrected chi connectivity index (χ3v) is 3.80. The van der Waals surface area contributed by atoms with E-state index in [9.17, 15) is 8.42 Å². The number of nitrogens with two attached hydrogens (primary N) is 1. The number of hydrogen-bond acceptors (Lipinski definition) is 4. The molecule has 0 heterocycles. The fourth-order valence-corrected chi connectivity index (χ4v) is 2.55. The van der Waals surface area contributed by atoms with E-state index >= 15 is 0 Å². The van der Waals surface area contributed by atoms with Crippen molar-refractivity contribution >= 4 is 9.84 Å². The van der Waals surface area contributed by atoms with Crippen LogP contribution in [0.3, 0.4) is 0 Å². The SMILES string of the molecule is Cc1ccccc1C(CCCS(C)(=O)=O)NN. The first-order valence-electron chi connectivity index (χ1n) is 5.63. The summed E-state index contributed by atoms with van der Waals surface area (Å²) in [5.41, 5.74) is 5.04. The highest BCUT2D eigenvalue weighted by molar-refractivity contribution is 7.90. The summed E-state index contributed by atoms with van der Waals surface area (Å²) in [5.74, 6) is 5.73. The predicted molar refractivity (Wildman–Crippen MR) is 70.2 cm³/mol. The molecule has 1 rings (SSSR count). The first-order valence-corrected chi connectivity index (χ1v) is 7.69. The number of hydrazine groups is 1. The van der Waals surface area contributed by atoms with E-state index in [0.29, 0.717) is 12.8 Å². The summed E-state index contributed by atoms with van der Waals surface area (Å²) in [5, 5.41) is 0. The molecule has 0 aromatic heterocycles. The molecule has 5 heteroatoms. The Morgan fingerprint density at radius 1 is 1.35 bits per heavy atom. The Morgan fingerprint density at radius 2 is 2.00 bits per heavy atom. The van der Waals surface area contributed by atoms with E-state index in [1.807, 2.05) is 31.2 Å². The van der Waals surface area contributed by atoms with Gasteiger partial charge in [-0.3, -0.25) is 11.3 Å². The first kappa shape index (κ1) is 14.2. The van der Waals surface area contributed by atoms with Crippen LogP contribution < -0.4 is 11.3 Å². The van der Waals surface area contributed by atoms with E-state index in [-0.39, 0.29) is 11.8 Å². The van der Waals surface area contributed by atoms with Crippen LogP contribution >= 0.6 is 0 Å². The van der Waals surface area contributed by atoms with Crippen LogP contribution in [0, 0.1) is 6.92 Å². The van der Waals surface area contributed by atoms with E-state index in [4.69, 9.17) is 5.84 Å². The summed E-state index contributed by atoms with van der Waals surface area (Å²) in [6, 6.07) is 7.99. The number of benzene rings is 1. The lowest BCUT2D eigenvalue weighted by molar-refractivity contribution is 0.505. The normalized spacial score (nSPS) is 13.6. The van der Waals surface area contributed by atoms with Gasteiger partial charge in [-0.05, 0) is 30.9 Å². The monoisotopic (exact) mass is 256 g/mol. The molecule has 1 aromatic carbocycles. The number of nitrogens with one attached hydrogen (secondary N) is 1. The Morgan fingerprint density at radius 3 is 2.53 bits per heavy atom. The van der Waals surface area contributed by atoms with Crippen LogP contribution in [0.5, 0.6) is 0 Å². The predicted octanol–water partition coefficient (Wildman–Crippen LogP) is 1.32. The maximum absolute atomic E-state index is 11.1. The topological polar surface area (TPSA) is 72.2 Å². The van der Waals surface area contributed by atoms with Gasteiger partial charge in [-0.1, -0.05) is 24.3 Å². The van der Waals surface area contributed by atoms with E-state index in [2.05, 4.69) is 5.43 Å². The lowest BCUT2D eigenvalue weighted by Gasteiger charge is -2.18. The molecule has 4 nitrogen and oxygen atoms in total. The Kier molecular flexibility index (Phi) is 5.11. The van der Waals surface area contributed by atoms with Crippen molar-refractivity contribution in [1.29, 1.82) is 0 Å². The summed E-state index contributed by atoms with van der Waals surface area (Å²) < 4.78 is 22.1. The molecule has 0 bridgehead atoms. The molecule has 1 aromatic rings. The van der Waals surface area contributed by atoms with Gasteiger partial charge >= 0.3 is 0 Å². The molecule has 1 atom stereocenters. The Balaban J connectivity index is 2.64. The van der Waals surface area contributed by atoms with Crippen LogP contribution in [0.15, 0.2) is 24.3 Å². The molecular formula is C12H20N2O2S. The summed E-state index contributed by atoms with van der Waals surface area (Å²) in [6.07, 6.45) is 2.59. The summed E-state index contributed by atoms with van der Waals surface area (Å²) >= 11 is 0. The zero-order chi connectivity index (χ0) is 12.9. The average molecular weight is 256 g/mol. The van der Waals surface area contributed by atoms with Crippen LogP contribution in [-0.4, -0.2) is 20.4 Å². The minimum absolute atomic E-state index is 0.0120. The van der Waals surface area contributed by atoms with Gasteiger partial charge in [-0.25, -0.2) is 8.42 Å². The highest BCUT2D eigenvalue weighted by Crippen LogP contribution is 2.21. The molecule has 0 fully saturated rings. The van der Waals surface area contributed by atoms with Crippen LogP contribution in [-0.2, 0) is 9.84 Å². The summed E-state index contributed by atoms with van der Waals surface area (Å²) in [6.45, 7) is 2.02. The molecule has 0 aliphatic heterocycles. The van der Waals surface area contributed by atoms with Crippen LogP contribution in [0.4, 0.5) is 0 Å². The maximum atomic E-state index is 11.1. The average Bonchev–Trinajstić information content (AvgIpc) is 2.24. The Hall–Kier alpha value is -0.910. The molecular weight excluding hydrogens is 236 g/mol. The second-order valence-corrected chi connectivity index (χ2v) is 6.61. The molecule has 96 valence electrons. The van der Waals surface area contributed by atoms with Gasteiger partial charge in [0, 0.05) is 18.1 Å². The van der Waals surface area contributed by atoms with E-state index in [1.54, 1.807) is 0 Å². The maximum Gasteiger partial charge on any atom is 0.147 e. The minimum atomic E-state index is -2.89. The van der Waals surface area contributed by atoms with Gasteiger partial charge in [0.1, 0.15) is 9.84 Å². The largest absolute Gasteiger partial charge is 0.271 e. The third-order valence-electron chi connectivity index (χ3n) is 2.77. The first-order chi connectivity index (χ1) is 7.94. The van der Waals surface area contributed by atoms with Gasteiger partial charge in [0.25, 0.3) is 0 Å². The van der Waals surface area contributed by atoms with Crippen molar-refractivity contribution in [3.05, 3.63) is 35.4 Å². The molecule has 0 aliphatic rings. The van der Waals surface area contributed by atoms with Crippen molar-refractivity contribution in [2.45, 2.75) is 25.8 Å². The molecule has 0 saturated heterocycles. The minimum Gasteiger partial charge on any atom is -0.271 e. The zero-order valence-corrected chi connectivity index (χ0v) is 11.1. The summed E-state index contributed by atoms with van der Waals surface area (Å²) in [7, 11) is -2.89. The quantitative estimate of drug-likeness (QED) is 0.595. The van der Waals surface area contributed by atoms with E-state index < -0.39 is 9.84 Å². The molecule has 3 N–H and O–H groups in total. The molecule has 0 aliphatic carbocycles. The van der Waals surface area contributed by atoms with E-state index in [1.165, 1.54) is 6.26 Å². The fraction of sp³-hybridized carbons (Fsp3) is 0.500. The number of aryl methyl sites for hydroxylation is 1. The Bertz CT molecular complexity index is 457. The van der Waals surface area contributed by atoms with Gasteiger partial charge in [-0.2, -0.15) is 0 Å². The number of rotatable bonds is 6. The lowest BCUT2D eigenvalue weighted by atomic mass is 9.98. The van der Waals surface area contributed by atoms with Crippen molar-refractivity contribution < 1.29 is 8.42 Å². The van der Waals surface area contributed by atoms with Crippen molar-refractivity contribution in [3.8, 4) is 0 Å². The van der Waals surface area contributed by atoms with Crippen LogP contribution in [0.1, 0.15) is 30.0 Å². The van der Waals surface area contributed by atoms with Gasteiger partial charge in [0.15, 0.2) is 0 Å². The second-order valence-electron chi connectivity index (χ2n) is 4.35. The molecule has 1 unspecified atom stereocenters. The zero-order valence-electron chi connectivity index (χ0n) is 10.3. The van der Waals surface area contributed by atoms with Crippen molar-refractivity contribution in [2.75, 3.05) is 12.0 Å². The van der Waals surface area contributed by atoms with Crippen LogP contribution in [0.25, 0.3) is 0 Å². The van der Waals surface area contributed by atoms with Gasteiger partial charge < -0.3 is 0 Å². The highest BCUT2D eigenvalue weighted by Gasteiger charge is 2.12. The smallest absolute Gasteiger partial charge is 0.147 e. The van der Waals surface area contributed by atoms with Crippen molar-refractivity contribution in [2.24, 2.45) is 5.84 Å². The second kappa shape index (κ2) is 6.14. The van der Waals surface area contributed by atoms with Gasteiger partial charge in [-0.15, -0.1) is 0 Å². The van der Waals surface area contributed by atoms with E-state index in [0.717, 1.165) is 11.1 Å². The number of sulfone groups is 1. The van der Waals surface area contributed by atoms with Crippen molar-refractivity contribution in [1.82, 2.24) is 5.43 Å². The molecule has 17 heavy (non-hydrogen) atoms.